The molecule has 2 heterocycles. The second kappa shape index (κ2) is 4.69. The Labute approximate surface area is 114 Å². The van der Waals surface area contributed by atoms with Crippen molar-refractivity contribution in [2.24, 2.45) is 0 Å². The summed E-state index contributed by atoms with van der Waals surface area (Å²) in [6, 6.07) is 1.84. The van der Waals surface area contributed by atoms with Crippen molar-refractivity contribution in [3.05, 3.63) is 34.5 Å². The van der Waals surface area contributed by atoms with Crippen molar-refractivity contribution < 1.29 is 13.7 Å². The van der Waals surface area contributed by atoms with Crippen molar-refractivity contribution in [2.45, 2.75) is 45.8 Å². The third-order valence-electron chi connectivity index (χ3n) is 3.94. The van der Waals surface area contributed by atoms with Gasteiger partial charge in [0.15, 0.2) is 0 Å². The Kier molecular flexibility index (Phi) is 3.50. The van der Waals surface area contributed by atoms with Crippen LogP contribution >= 0.6 is 0 Å². The lowest BCUT2D eigenvalue weighted by molar-refractivity contribution is 0.00578. The maximum absolute atomic E-state index is 6.02. The van der Waals surface area contributed by atoms with Gasteiger partial charge in [-0.2, -0.15) is 0 Å². The summed E-state index contributed by atoms with van der Waals surface area (Å²) in [5.41, 5.74) is 1.01. The number of hydrogen-bond donors (Lipinski definition) is 0. The van der Waals surface area contributed by atoms with Crippen LogP contribution in [0.4, 0.5) is 0 Å². The molecule has 2 rings (SSSR count). The van der Waals surface area contributed by atoms with E-state index in [-0.39, 0.29) is 18.3 Å². The molecule has 1 aliphatic heterocycles. The van der Waals surface area contributed by atoms with Crippen molar-refractivity contribution >= 4 is 19.8 Å². The molecule has 0 spiro atoms. The Morgan fingerprint density at radius 3 is 2.21 bits per heavy atom. The summed E-state index contributed by atoms with van der Waals surface area (Å²) in [4.78, 5) is 0. The molecule has 1 fully saturated rings. The van der Waals surface area contributed by atoms with Gasteiger partial charge in [-0.25, -0.2) is 0 Å². The molecule has 102 valence electrons. The molecular formula is C15H21BO3. The number of hydrogen-bond acceptors (Lipinski definition) is 3. The van der Waals surface area contributed by atoms with Crippen LogP contribution in [0.25, 0.3) is 12.7 Å². The summed E-state index contributed by atoms with van der Waals surface area (Å²) in [5, 5.41) is 0.857. The van der Waals surface area contributed by atoms with Crippen LogP contribution < -0.4 is 10.6 Å². The van der Waals surface area contributed by atoms with Gasteiger partial charge in [-0.1, -0.05) is 12.7 Å². The molecule has 0 bridgehead atoms. The normalized spacial score (nSPS) is 23.1. The first-order chi connectivity index (χ1) is 8.77. The Morgan fingerprint density at radius 2 is 1.79 bits per heavy atom. The van der Waals surface area contributed by atoms with E-state index >= 15 is 0 Å². The van der Waals surface area contributed by atoms with Crippen molar-refractivity contribution in [1.29, 1.82) is 0 Å². The van der Waals surface area contributed by atoms with Crippen molar-refractivity contribution in [1.82, 2.24) is 0 Å². The number of allylic oxidation sites excluding steroid dienone is 2. The van der Waals surface area contributed by atoms with Gasteiger partial charge in [-0.05, 0) is 52.2 Å². The van der Waals surface area contributed by atoms with Crippen LogP contribution in [0.3, 0.4) is 0 Å². The van der Waals surface area contributed by atoms with E-state index in [1.165, 1.54) is 0 Å². The van der Waals surface area contributed by atoms with E-state index in [1.54, 1.807) is 6.26 Å². The molecule has 0 N–H and O–H groups in total. The van der Waals surface area contributed by atoms with Crippen LogP contribution in [-0.4, -0.2) is 18.3 Å². The van der Waals surface area contributed by atoms with Crippen LogP contribution in [0.15, 0.2) is 28.3 Å². The lowest BCUT2D eigenvalue weighted by Crippen LogP contribution is -2.41. The van der Waals surface area contributed by atoms with Gasteiger partial charge in [0.25, 0.3) is 0 Å². The van der Waals surface area contributed by atoms with E-state index in [0.29, 0.717) is 0 Å². The Balaban J connectivity index is 2.33. The first kappa shape index (κ1) is 14.2. The molecular weight excluding hydrogens is 239 g/mol. The molecule has 1 aromatic heterocycles. The highest BCUT2D eigenvalue weighted by Crippen LogP contribution is 2.38. The van der Waals surface area contributed by atoms with Crippen molar-refractivity contribution in [3.63, 3.8) is 0 Å². The van der Waals surface area contributed by atoms with E-state index in [9.17, 15) is 0 Å². The Bertz CT molecular complexity index is 579. The highest BCUT2D eigenvalue weighted by atomic mass is 16.7. The standard InChI is InChI=1S/C15H21BO3/c1-7-12(10-13-11(2)8-9-17-13)16-18-14(3,4)15(5,6)19-16/h7-10H,2H2,1,3-6H3/b12-7+,13-10+. The molecule has 0 saturated carbocycles. The Morgan fingerprint density at radius 1 is 1.21 bits per heavy atom. The minimum atomic E-state index is -0.375. The van der Waals surface area contributed by atoms with Crippen LogP contribution in [0.1, 0.15) is 34.6 Å². The summed E-state index contributed by atoms with van der Waals surface area (Å²) in [6.45, 7) is 14.0. The SMILES string of the molecule is C=c1cco/c1=C/C(=C\C)B1OC(C)(C)C(C)(C)O1. The predicted molar refractivity (Wildman–Crippen MR) is 77.8 cm³/mol. The Hall–Kier alpha value is -1.26. The average Bonchev–Trinajstić information content (AvgIpc) is 2.78. The van der Waals surface area contributed by atoms with Gasteiger partial charge in [0, 0.05) is 5.22 Å². The molecule has 0 atom stereocenters. The van der Waals surface area contributed by atoms with Gasteiger partial charge in [-0.15, -0.1) is 0 Å². The van der Waals surface area contributed by atoms with Gasteiger partial charge >= 0.3 is 7.12 Å². The van der Waals surface area contributed by atoms with E-state index in [1.807, 2.05) is 52.8 Å². The number of furan rings is 1. The maximum Gasteiger partial charge on any atom is 0.494 e. The highest BCUT2D eigenvalue weighted by Gasteiger charge is 2.51. The molecule has 0 radical (unpaired) electrons. The molecule has 1 aromatic rings. The predicted octanol–water partition coefficient (Wildman–Crippen LogP) is 2.05. The fraction of sp³-hybridized carbons (Fsp3) is 0.467. The lowest BCUT2D eigenvalue weighted by Gasteiger charge is -2.32. The minimum Gasteiger partial charge on any atom is -0.464 e. The van der Waals surface area contributed by atoms with Crippen LogP contribution in [-0.2, 0) is 9.31 Å². The van der Waals surface area contributed by atoms with E-state index < -0.39 is 0 Å². The largest absolute Gasteiger partial charge is 0.494 e. The van der Waals surface area contributed by atoms with Crippen molar-refractivity contribution in [3.8, 4) is 0 Å². The summed E-state index contributed by atoms with van der Waals surface area (Å²) >= 11 is 0. The topological polar surface area (TPSA) is 31.6 Å². The summed E-state index contributed by atoms with van der Waals surface area (Å²) < 4.78 is 17.4. The molecule has 0 aliphatic carbocycles. The second-order valence-electron chi connectivity index (χ2n) is 5.83. The molecule has 0 aromatic carbocycles. The minimum absolute atomic E-state index is 0.337. The second-order valence-corrected chi connectivity index (χ2v) is 5.83. The van der Waals surface area contributed by atoms with Crippen molar-refractivity contribution in [2.75, 3.05) is 0 Å². The summed E-state index contributed by atoms with van der Waals surface area (Å²) in [5.74, 6) is 0. The number of rotatable bonds is 2. The van der Waals surface area contributed by atoms with Crippen LogP contribution in [0, 0.1) is 0 Å². The van der Waals surface area contributed by atoms with Gasteiger partial charge in [0.05, 0.1) is 17.5 Å². The zero-order valence-electron chi connectivity index (χ0n) is 12.3. The van der Waals surface area contributed by atoms with E-state index in [2.05, 4.69) is 6.58 Å². The summed E-state index contributed by atoms with van der Waals surface area (Å²) in [7, 11) is -0.375. The molecule has 1 saturated heterocycles. The zero-order valence-corrected chi connectivity index (χ0v) is 12.3. The summed E-state index contributed by atoms with van der Waals surface area (Å²) in [6.07, 6.45) is 5.53. The molecule has 4 heteroatoms. The first-order valence-corrected chi connectivity index (χ1v) is 6.53. The van der Waals surface area contributed by atoms with Gasteiger partial charge in [-0.3, -0.25) is 0 Å². The molecule has 19 heavy (non-hydrogen) atoms. The molecule has 0 unspecified atom stereocenters. The molecule has 0 amide bonds. The smallest absolute Gasteiger partial charge is 0.464 e. The average molecular weight is 260 g/mol. The quantitative estimate of drug-likeness (QED) is 0.763. The fourth-order valence-electron chi connectivity index (χ4n) is 1.89. The first-order valence-electron chi connectivity index (χ1n) is 6.53. The van der Waals surface area contributed by atoms with Gasteiger partial charge < -0.3 is 13.7 Å². The lowest BCUT2D eigenvalue weighted by atomic mass is 9.78. The molecule has 3 nitrogen and oxygen atoms in total. The van der Waals surface area contributed by atoms with E-state index in [0.717, 1.165) is 16.1 Å². The zero-order chi connectivity index (χ0) is 14.3. The van der Waals surface area contributed by atoms with Crippen LogP contribution in [0.5, 0.6) is 0 Å². The maximum atomic E-state index is 6.02. The van der Waals surface area contributed by atoms with E-state index in [4.69, 9.17) is 13.7 Å². The molecule has 1 aliphatic rings. The monoisotopic (exact) mass is 260 g/mol. The van der Waals surface area contributed by atoms with Gasteiger partial charge in [0.2, 0.25) is 0 Å². The fourth-order valence-corrected chi connectivity index (χ4v) is 1.89. The third-order valence-corrected chi connectivity index (χ3v) is 3.94. The van der Waals surface area contributed by atoms with Crippen LogP contribution in [0.2, 0.25) is 0 Å². The third kappa shape index (κ3) is 2.56. The highest BCUT2D eigenvalue weighted by molar-refractivity contribution is 6.57. The van der Waals surface area contributed by atoms with Gasteiger partial charge in [0.1, 0.15) is 5.42 Å².